The molecule has 3 rings (SSSR count). The number of anilines is 1. The lowest BCUT2D eigenvalue weighted by Gasteiger charge is -2.16. The van der Waals surface area contributed by atoms with Gasteiger partial charge in [0.25, 0.3) is 0 Å². The molecule has 0 saturated carbocycles. The van der Waals surface area contributed by atoms with Crippen molar-refractivity contribution in [3.05, 3.63) is 48.8 Å². The van der Waals surface area contributed by atoms with Crippen LogP contribution in [0, 0.1) is 0 Å². The van der Waals surface area contributed by atoms with Crippen molar-refractivity contribution in [3.8, 4) is 0 Å². The number of aromatic nitrogens is 1. The zero-order chi connectivity index (χ0) is 17.0. The molecular weight excluding hydrogens is 326 g/mol. The first-order valence-corrected chi connectivity index (χ1v) is 9.55. The number of hydrogen-bond donors (Lipinski definition) is 1. The normalized spacial score (nSPS) is 15.2. The zero-order valence-electron chi connectivity index (χ0n) is 13.4. The Morgan fingerprint density at radius 3 is 2.42 bits per heavy atom. The van der Waals surface area contributed by atoms with Crippen LogP contribution in [0.25, 0.3) is 0 Å². The van der Waals surface area contributed by atoms with Gasteiger partial charge < -0.3 is 9.47 Å². The predicted octanol–water partition coefficient (Wildman–Crippen LogP) is 1.98. The molecule has 1 amide bonds. The topological polar surface area (TPSA) is 71.4 Å². The van der Waals surface area contributed by atoms with Crippen LogP contribution in [0.4, 0.5) is 5.69 Å². The summed E-state index contributed by atoms with van der Waals surface area (Å²) in [7, 11) is -3.52. The molecule has 6 nitrogen and oxygen atoms in total. The van der Waals surface area contributed by atoms with E-state index in [0.29, 0.717) is 25.9 Å². The van der Waals surface area contributed by atoms with Crippen molar-refractivity contribution in [3.63, 3.8) is 0 Å². The van der Waals surface area contributed by atoms with Crippen LogP contribution in [0.5, 0.6) is 0 Å². The summed E-state index contributed by atoms with van der Waals surface area (Å²) in [5, 5.41) is 0. The standard InChI is InChI=1S/C17H21N3O3S/c21-17-5-3-14-20(17)15-6-8-16(9-7-15)24(22,23)18-10-4-13-19-11-1-2-12-19/h1-2,6-9,11-12,18H,3-5,10,13-14H2. The number of carbonyl (C=O) groups is 1. The summed E-state index contributed by atoms with van der Waals surface area (Å²) < 4.78 is 29.2. The summed E-state index contributed by atoms with van der Waals surface area (Å²) in [6.45, 7) is 1.85. The molecule has 1 fully saturated rings. The van der Waals surface area contributed by atoms with E-state index in [0.717, 1.165) is 18.7 Å². The van der Waals surface area contributed by atoms with E-state index in [1.54, 1.807) is 29.2 Å². The second-order valence-corrected chi connectivity index (χ2v) is 7.58. The van der Waals surface area contributed by atoms with Crippen molar-refractivity contribution in [2.45, 2.75) is 30.7 Å². The Bertz CT molecular complexity index is 783. The highest BCUT2D eigenvalue weighted by molar-refractivity contribution is 7.89. The van der Waals surface area contributed by atoms with E-state index in [4.69, 9.17) is 0 Å². The van der Waals surface area contributed by atoms with Crippen LogP contribution in [0.15, 0.2) is 53.7 Å². The highest BCUT2D eigenvalue weighted by atomic mass is 32.2. The van der Waals surface area contributed by atoms with E-state index < -0.39 is 10.0 Å². The number of sulfonamides is 1. The molecule has 1 aliphatic rings. The van der Waals surface area contributed by atoms with Crippen LogP contribution in [0.2, 0.25) is 0 Å². The number of aryl methyl sites for hydroxylation is 1. The van der Waals surface area contributed by atoms with Gasteiger partial charge in [0.1, 0.15) is 0 Å². The van der Waals surface area contributed by atoms with E-state index in [1.807, 2.05) is 29.1 Å². The molecule has 2 aromatic rings. The van der Waals surface area contributed by atoms with Crippen LogP contribution < -0.4 is 9.62 Å². The average Bonchev–Trinajstić information content (AvgIpc) is 3.23. The van der Waals surface area contributed by atoms with Crippen molar-refractivity contribution in [2.75, 3.05) is 18.0 Å². The Labute approximate surface area is 142 Å². The first-order valence-electron chi connectivity index (χ1n) is 8.07. The molecule has 0 atom stereocenters. The van der Waals surface area contributed by atoms with Gasteiger partial charge in [-0.1, -0.05) is 0 Å². The van der Waals surface area contributed by atoms with Gasteiger partial charge >= 0.3 is 0 Å². The van der Waals surface area contributed by atoms with Crippen molar-refractivity contribution in [1.29, 1.82) is 0 Å². The minimum absolute atomic E-state index is 0.0914. The highest BCUT2D eigenvalue weighted by Gasteiger charge is 2.22. The summed E-state index contributed by atoms with van der Waals surface area (Å²) in [6.07, 6.45) is 6.03. The minimum Gasteiger partial charge on any atom is -0.354 e. The summed E-state index contributed by atoms with van der Waals surface area (Å²) >= 11 is 0. The molecule has 0 spiro atoms. The fraction of sp³-hybridized carbons (Fsp3) is 0.353. The number of nitrogens with zero attached hydrogens (tertiary/aromatic N) is 2. The lowest BCUT2D eigenvalue weighted by molar-refractivity contribution is -0.117. The molecule has 0 bridgehead atoms. The third kappa shape index (κ3) is 3.85. The van der Waals surface area contributed by atoms with Crippen LogP contribution >= 0.6 is 0 Å². The number of carbonyl (C=O) groups excluding carboxylic acids is 1. The molecule has 128 valence electrons. The van der Waals surface area contributed by atoms with Crippen LogP contribution in [0.3, 0.4) is 0 Å². The van der Waals surface area contributed by atoms with Gasteiger partial charge in [0.2, 0.25) is 15.9 Å². The molecule has 1 aromatic heterocycles. The number of nitrogens with one attached hydrogen (secondary N) is 1. The van der Waals surface area contributed by atoms with E-state index >= 15 is 0 Å². The van der Waals surface area contributed by atoms with Gasteiger partial charge in [-0.2, -0.15) is 0 Å². The molecule has 1 saturated heterocycles. The number of hydrogen-bond acceptors (Lipinski definition) is 3. The van der Waals surface area contributed by atoms with Gasteiger partial charge in [-0.3, -0.25) is 4.79 Å². The van der Waals surface area contributed by atoms with E-state index in [2.05, 4.69) is 4.72 Å². The lowest BCUT2D eigenvalue weighted by Crippen LogP contribution is -2.26. The Morgan fingerprint density at radius 2 is 1.79 bits per heavy atom. The Kier molecular flexibility index (Phi) is 5.01. The zero-order valence-corrected chi connectivity index (χ0v) is 14.2. The minimum atomic E-state index is -3.52. The molecule has 1 aromatic carbocycles. The Hall–Kier alpha value is -2.12. The van der Waals surface area contributed by atoms with Crippen LogP contribution in [-0.2, 0) is 21.4 Å². The molecule has 1 N–H and O–H groups in total. The maximum atomic E-state index is 12.3. The van der Waals surface area contributed by atoms with E-state index in [-0.39, 0.29) is 10.8 Å². The molecular formula is C17H21N3O3S. The van der Waals surface area contributed by atoms with E-state index in [1.165, 1.54) is 0 Å². The average molecular weight is 347 g/mol. The largest absolute Gasteiger partial charge is 0.354 e. The first kappa shape index (κ1) is 16.7. The molecule has 0 radical (unpaired) electrons. The van der Waals surface area contributed by atoms with Crippen LogP contribution in [0.1, 0.15) is 19.3 Å². The second-order valence-electron chi connectivity index (χ2n) is 5.82. The van der Waals surface area contributed by atoms with Gasteiger partial charge in [0.15, 0.2) is 0 Å². The van der Waals surface area contributed by atoms with Gasteiger partial charge in [-0.15, -0.1) is 0 Å². The smallest absolute Gasteiger partial charge is 0.240 e. The molecule has 0 unspecified atom stereocenters. The van der Waals surface area contributed by atoms with Gasteiger partial charge in [0.05, 0.1) is 4.90 Å². The maximum absolute atomic E-state index is 12.3. The monoisotopic (exact) mass is 347 g/mol. The van der Waals surface area contributed by atoms with Crippen LogP contribution in [-0.4, -0.2) is 32.0 Å². The molecule has 7 heteroatoms. The molecule has 24 heavy (non-hydrogen) atoms. The van der Waals surface area contributed by atoms with Gasteiger partial charge in [-0.05, 0) is 49.2 Å². The van der Waals surface area contributed by atoms with E-state index in [9.17, 15) is 13.2 Å². The van der Waals surface area contributed by atoms with Crippen molar-refractivity contribution >= 4 is 21.6 Å². The summed E-state index contributed by atoms with van der Waals surface area (Å²) in [6, 6.07) is 10.4. The SMILES string of the molecule is O=C1CCCN1c1ccc(S(=O)(=O)NCCCn2cccc2)cc1. The summed E-state index contributed by atoms with van der Waals surface area (Å²) in [5.41, 5.74) is 0.754. The highest BCUT2D eigenvalue weighted by Crippen LogP contribution is 2.22. The fourth-order valence-electron chi connectivity index (χ4n) is 2.80. The molecule has 1 aliphatic heterocycles. The number of amides is 1. The Balaban J connectivity index is 1.56. The first-order chi connectivity index (χ1) is 11.6. The molecule has 0 aliphatic carbocycles. The summed E-state index contributed by atoms with van der Waals surface area (Å²) in [4.78, 5) is 13.6. The van der Waals surface area contributed by atoms with Gasteiger partial charge in [0, 0.05) is 44.1 Å². The van der Waals surface area contributed by atoms with Crippen molar-refractivity contribution in [1.82, 2.24) is 9.29 Å². The quantitative estimate of drug-likeness (QED) is 0.779. The Morgan fingerprint density at radius 1 is 1.08 bits per heavy atom. The number of benzene rings is 1. The lowest BCUT2D eigenvalue weighted by atomic mass is 10.3. The summed E-state index contributed by atoms with van der Waals surface area (Å²) in [5.74, 6) is 0.0914. The maximum Gasteiger partial charge on any atom is 0.240 e. The fourth-order valence-corrected chi connectivity index (χ4v) is 3.87. The molecule has 2 heterocycles. The second kappa shape index (κ2) is 7.19. The third-order valence-corrected chi connectivity index (χ3v) is 5.56. The predicted molar refractivity (Wildman–Crippen MR) is 92.3 cm³/mol. The van der Waals surface area contributed by atoms with Gasteiger partial charge in [-0.25, -0.2) is 13.1 Å². The number of rotatable bonds is 7. The van der Waals surface area contributed by atoms with Crippen molar-refractivity contribution in [2.24, 2.45) is 0 Å². The third-order valence-electron chi connectivity index (χ3n) is 4.08. The van der Waals surface area contributed by atoms with Crippen molar-refractivity contribution < 1.29 is 13.2 Å².